The molecular formula is C31H46F4N8O3. The number of likely N-dealkylation sites (tertiary alicyclic amines) is 1. The maximum absolute atomic E-state index is 15.0. The highest BCUT2D eigenvalue weighted by molar-refractivity contribution is 5.96. The third-order valence-corrected chi connectivity index (χ3v) is 8.16. The number of carbonyl (C=O) groups is 2. The average Bonchev–Trinajstić information content (AvgIpc) is 3.03. The van der Waals surface area contributed by atoms with Crippen LogP contribution < -0.4 is 26.4 Å². The summed E-state index contributed by atoms with van der Waals surface area (Å²) in [5, 5.41) is 8.52. The number of anilines is 3. The summed E-state index contributed by atoms with van der Waals surface area (Å²) in [6.45, 7) is 7.20. The molecule has 0 atom stereocenters. The molecule has 2 aliphatic rings. The van der Waals surface area contributed by atoms with Crippen molar-refractivity contribution in [1.82, 2.24) is 25.1 Å². The SMILES string of the molecule is CCN(CC)C(=O)CN.COc1cc(C(=O)NC2CCN(C)CC2)c(F)cc1Nc1ncc(C(F)(F)F)c(NC2CCCCC2)n1. The van der Waals surface area contributed by atoms with Crippen LogP contribution in [-0.2, 0) is 11.0 Å². The molecule has 0 spiro atoms. The maximum atomic E-state index is 15.0. The third-order valence-electron chi connectivity index (χ3n) is 8.16. The Morgan fingerprint density at radius 1 is 1.07 bits per heavy atom. The number of likely N-dealkylation sites (N-methyl/N-ethyl adjacent to an activating group) is 1. The van der Waals surface area contributed by atoms with Gasteiger partial charge in [0.1, 0.15) is 22.9 Å². The average molecular weight is 655 g/mol. The van der Waals surface area contributed by atoms with Gasteiger partial charge in [-0.1, -0.05) is 19.3 Å². The lowest BCUT2D eigenvalue weighted by Gasteiger charge is -2.29. The van der Waals surface area contributed by atoms with Gasteiger partial charge in [-0.3, -0.25) is 9.59 Å². The number of halogens is 4. The van der Waals surface area contributed by atoms with Gasteiger partial charge in [-0.05, 0) is 65.7 Å². The zero-order chi connectivity index (χ0) is 33.9. The molecular weight excluding hydrogens is 608 g/mol. The van der Waals surface area contributed by atoms with Crippen molar-refractivity contribution in [3.05, 3.63) is 35.3 Å². The van der Waals surface area contributed by atoms with Crippen molar-refractivity contribution in [2.24, 2.45) is 5.73 Å². The Kier molecular flexibility index (Phi) is 13.8. The number of carbonyl (C=O) groups excluding carboxylic acids is 2. The van der Waals surface area contributed by atoms with Crippen LogP contribution in [-0.4, -0.2) is 90.5 Å². The second kappa shape index (κ2) is 17.3. The second-order valence-corrected chi connectivity index (χ2v) is 11.4. The Bertz CT molecular complexity index is 1300. The first-order valence-corrected chi connectivity index (χ1v) is 15.7. The normalized spacial score (nSPS) is 16.2. The first kappa shape index (κ1) is 36.7. The molecule has 1 saturated heterocycles. The topological polar surface area (TPSA) is 138 Å². The number of nitrogens with two attached hydrogens (primary N) is 1. The molecule has 1 aliphatic carbocycles. The van der Waals surface area contributed by atoms with Gasteiger partial charge in [-0.15, -0.1) is 0 Å². The molecule has 46 heavy (non-hydrogen) atoms. The highest BCUT2D eigenvalue weighted by atomic mass is 19.4. The Hall–Kier alpha value is -3.72. The molecule has 15 heteroatoms. The van der Waals surface area contributed by atoms with Crippen LogP contribution >= 0.6 is 0 Å². The van der Waals surface area contributed by atoms with Crippen molar-refractivity contribution >= 4 is 29.3 Å². The minimum absolute atomic E-state index is 0.0278. The van der Waals surface area contributed by atoms with Gasteiger partial charge in [0.05, 0.1) is 24.9 Å². The molecule has 0 unspecified atom stereocenters. The molecule has 1 aromatic carbocycles. The zero-order valence-electron chi connectivity index (χ0n) is 27.0. The lowest BCUT2D eigenvalue weighted by Crippen LogP contribution is -2.43. The molecule has 1 aliphatic heterocycles. The number of rotatable bonds is 10. The lowest BCUT2D eigenvalue weighted by molar-refractivity contribution is -0.137. The second-order valence-electron chi connectivity index (χ2n) is 11.4. The van der Waals surface area contributed by atoms with Crippen LogP contribution in [0.4, 0.5) is 35.0 Å². The van der Waals surface area contributed by atoms with E-state index in [1.165, 1.54) is 13.2 Å². The molecule has 2 heterocycles. The number of hydrogen-bond acceptors (Lipinski definition) is 9. The number of piperidine rings is 1. The van der Waals surface area contributed by atoms with Crippen molar-refractivity contribution in [2.75, 3.05) is 57.5 Å². The molecule has 0 radical (unpaired) electrons. The van der Waals surface area contributed by atoms with Crippen LogP contribution in [0.1, 0.15) is 74.7 Å². The Balaban J connectivity index is 0.000000559. The van der Waals surface area contributed by atoms with Gasteiger partial charge in [-0.2, -0.15) is 18.2 Å². The fourth-order valence-electron chi connectivity index (χ4n) is 5.44. The van der Waals surface area contributed by atoms with Crippen LogP contribution in [0.2, 0.25) is 0 Å². The number of amides is 2. The Morgan fingerprint density at radius 2 is 1.72 bits per heavy atom. The van der Waals surface area contributed by atoms with E-state index in [2.05, 4.69) is 30.8 Å². The maximum Gasteiger partial charge on any atom is 0.421 e. The molecule has 2 aromatic rings. The van der Waals surface area contributed by atoms with Crippen LogP contribution in [0.3, 0.4) is 0 Å². The largest absolute Gasteiger partial charge is 0.495 e. The number of methoxy groups -OCH3 is 1. The van der Waals surface area contributed by atoms with Crippen molar-refractivity contribution in [3.8, 4) is 5.75 Å². The summed E-state index contributed by atoms with van der Waals surface area (Å²) in [6, 6.07) is 2.14. The summed E-state index contributed by atoms with van der Waals surface area (Å²) in [4.78, 5) is 35.2. The summed E-state index contributed by atoms with van der Waals surface area (Å²) in [6.07, 6.45) is 2.03. The van der Waals surface area contributed by atoms with Gasteiger partial charge in [-0.25, -0.2) is 9.37 Å². The molecule has 2 fully saturated rings. The van der Waals surface area contributed by atoms with E-state index in [1.807, 2.05) is 20.9 Å². The van der Waals surface area contributed by atoms with E-state index in [0.29, 0.717) is 6.20 Å². The molecule has 2 amide bonds. The van der Waals surface area contributed by atoms with Crippen LogP contribution in [0.15, 0.2) is 18.3 Å². The monoisotopic (exact) mass is 654 g/mol. The van der Waals surface area contributed by atoms with Gasteiger partial charge >= 0.3 is 6.18 Å². The number of aromatic nitrogens is 2. The number of hydrogen-bond donors (Lipinski definition) is 4. The van der Waals surface area contributed by atoms with Crippen LogP contribution in [0.5, 0.6) is 5.75 Å². The summed E-state index contributed by atoms with van der Waals surface area (Å²) in [5.41, 5.74) is 4.06. The minimum atomic E-state index is -4.64. The number of nitrogens with one attached hydrogen (secondary N) is 3. The van der Waals surface area contributed by atoms with E-state index in [-0.39, 0.29) is 53.3 Å². The zero-order valence-corrected chi connectivity index (χ0v) is 27.0. The molecule has 11 nitrogen and oxygen atoms in total. The van der Waals surface area contributed by atoms with E-state index in [4.69, 9.17) is 10.5 Å². The molecule has 0 bridgehead atoms. The standard InChI is InChI=1S/C25H32F4N6O2.C6H14N2O/c1-35-10-8-16(9-11-35)32-23(36)17-12-21(37-2)20(13-19(17)26)33-24-30-14-18(25(27,28)29)22(34-24)31-15-6-4-3-5-7-15;1-3-8(4-2)6(9)5-7/h12-16H,3-11H2,1-2H3,(H,32,36)(H2,30,31,33,34);3-5,7H2,1-2H3. The van der Waals surface area contributed by atoms with Crippen molar-refractivity contribution in [1.29, 1.82) is 0 Å². The van der Waals surface area contributed by atoms with Crippen molar-refractivity contribution < 1.29 is 31.9 Å². The van der Waals surface area contributed by atoms with E-state index < -0.39 is 23.5 Å². The van der Waals surface area contributed by atoms with Gasteiger partial charge in [0, 0.05) is 37.4 Å². The summed E-state index contributed by atoms with van der Waals surface area (Å²) >= 11 is 0. The van der Waals surface area contributed by atoms with Gasteiger partial charge < -0.3 is 36.2 Å². The minimum Gasteiger partial charge on any atom is -0.495 e. The molecule has 1 aromatic heterocycles. The van der Waals surface area contributed by atoms with Crippen LogP contribution in [0.25, 0.3) is 0 Å². The van der Waals surface area contributed by atoms with Gasteiger partial charge in [0.15, 0.2) is 0 Å². The number of alkyl halides is 3. The van der Waals surface area contributed by atoms with E-state index in [9.17, 15) is 27.2 Å². The fraction of sp³-hybridized carbons (Fsp3) is 0.613. The molecule has 5 N–H and O–H groups in total. The predicted octanol–water partition coefficient (Wildman–Crippen LogP) is 4.77. The summed E-state index contributed by atoms with van der Waals surface area (Å²) < 4.78 is 61.1. The van der Waals surface area contributed by atoms with Crippen molar-refractivity contribution in [3.63, 3.8) is 0 Å². The number of nitrogens with zero attached hydrogens (tertiary/aromatic N) is 4. The highest BCUT2D eigenvalue weighted by Gasteiger charge is 2.36. The van der Waals surface area contributed by atoms with Crippen LogP contribution in [0, 0.1) is 5.82 Å². The molecule has 1 saturated carbocycles. The third kappa shape index (κ3) is 10.4. The number of ether oxygens (including phenoxy) is 1. The fourth-order valence-corrected chi connectivity index (χ4v) is 5.44. The van der Waals surface area contributed by atoms with E-state index in [0.717, 1.165) is 77.2 Å². The lowest BCUT2D eigenvalue weighted by atomic mass is 9.95. The van der Waals surface area contributed by atoms with Crippen molar-refractivity contribution in [2.45, 2.75) is 77.1 Å². The molecule has 4 rings (SSSR count). The van der Waals surface area contributed by atoms with Gasteiger partial charge in [0.2, 0.25) is 11.9 Å². The Morgan fingerprint density at radius 3 is 2.26 bits per heavy atom. The molecule has 256 valence electrons. The van der Waals surface area contributed by atoms with E-state index >= 15 is 0 Å². The Labute approximate surface area is 267 Å². The summed E-state index contributed by atoms with van der Waals surface area (Å²) in [5.74, 6) is -1.69. The highest BCUT2D eigenvalue weighted by Crippen LogP contribution is 2.36. The quantitative estimate of drug-likeness (QED) is 0.267. The smallest absolute Gasteiger partial charge is 0.421 e. The first-order valence-electron chi connectivity index (χ1n) is 15.7. The number of benzene rings is 1. The summed E-state index contributed by atoms with van der Waals surface area (Å²) in [7, 11) is 3.35. The first-order chi connectivity index (χ1) is 21.9. The van der Waals surface area contributed by atoms with Gasteiger partial charge in [0.25, 0.3) is 5.91 Å². The van der Waals surface area contributed by atoms with E-state index in [1.54, 1.807) is 4.90 Å². The predicted molar refractivity (Wildman–Crippen MR) is 169 cm³/mol.